The fourth-order valence-electron chi connectivity index (χ4n) is 4.03. The Bertz CT molecular complexity index is 1280. The first-order chi connectivity index (χ1) is 16.5. The molecular formula is C24H24FN7O2. The highest BCUT2D eigenvalue weighted by molar-refractivity contribution is 5.90. The zero-order valence-corrected chi connectivity index (χ0v) is 18.9. The molecule has 2 aromatic carbocycles. The minimum Gasteiger partial charge on any atom is -0.337 e. The number of hydrogen-bond donors (Lipinski definition) is 0. The van der Waals surface area contributed by atoms with Crippen molar-refractivity contribution in [1.82, 2.24) is 34.7 Å². The van der Waals surface area contributed by atoms with Gasteiger partial charge in [-0.3, -0.25) is 9.69 Å². The lowest BCUT2D eigenvalue weighted by atomic mass is 10.2. The van der Waals surface area contributed by atoms with Crippen LogP contribution in [0.1, 0.15) is 35.3 Å². The van der Waals surface area contributed by atoms with Gasteiger partial charge in [-0.05, 0) is 38.1 Å². The molecule has 1 saturated heterocycles. The second kappa shape index (κ2) is 9.14. The Hall–Kier alpha value is -3.92. The molecule has 174 valence electrons. The number of rotatable bonds is 5. The van der Waals surface area contributed by atoms with Crippen molar-refractivity contribution in [2.24, 2.45) is 0 Å². The van der Waals surface area contributed by atoms with Gasteiger partial charge in [-0.1, -0.05) is 35.5 Å². The number of aromatic nitrogens is 5. The van der Waals surface area contributed by atoms with Crippen molar-refractivity contribution in [3.8, 4) is 17.1 Å². The zero-order valence-electron chi connectivity index (χ0n) is 18.9. The van der Waals surface area contributed by atoms with E-state index < -0.39 is 0 Å². The number of nitrogens with zero attached hydrogens (tertiary/aromatic N) is 7. The molecule has 0 N–H and O–H groups in total. The summed E-state index contributed by atoms with van der Waals surface area (Å²) in [5, 5.41) is 8.47. The van der Waals surface area contributed by atoms with Crippen molar-refractivity contribution < 1.29 is 13.7 Å². The Morgan fingerprint density at radius 1 is 1.00 bits per heavy atom. The van der Waals surface area contributed by atoms with Gasteiger partial charge in [0.25, 0.3) is 5.91 Å². The van der Waals surface area contributed by atoms with Gasteiger partial charge in [-0.2, -0.15) is 4.98 Å². The molecule has 1 amide bonds. The van der Waals surface area contributed by atoms with Crippen LogP contribution in [0.25, 0.3) is 17.1 Å². The molecule has 1 aliphatic rings. The van der Waals surface area contributed by atoms with Crippen molar-refractivity contribution in [3.05, 3.63) is 78.0 Å². The second-order valence-electron chi connectivity index (χ2n) is 8.20. The van der Waals surface area contributed by atoms with Crippen LogP contribution in [0.15, 0.2) is 59.1 Å². The summed E-state index contributed by atoms with van der Waals surface area (Å²) in [4.78, 5) is 25.9. The highest BCUT2D eigenvalue weighted by Crippen LogP contribution is 2.24. The van der Waals surface area contributed by atoms with Crippen molar-refractivity contribution in [1.29, 1.82) is 0 Å². The number of piperazine rings is 1. The Morgan fingerprint density at radius 2 is 1.71 bits per heavy atom. The first-order valence-electron chi connectivity index (χ1n) is 11.1. The van der Waals surface area contributed by atoms with Crippen LogP contribution < -0.4 is 0 Å². The van der Waals surface area contributed by atoms with Crippen LogP contribution in [0.3, 0.4) is 0 Å². The summed E-state index contributed by atoms with van der Waals surface area (Å²) < 4.78 is 20.3. The maximum Gasteiger partial charge on any atom is 0.293 e. The lowest BCUT2D eigenvalue weighted by Gasteiger charge is -2.36. The van der Waals surface area contributed by atoms with Gasteiger partial charge in [0, 0.05) is 31.7 Å². The van der Waals surface area contributed by atoms with E-state index in [4.69, 9.17) is 4.52 Å². The normalized spacial score (nSPS) is 15.4. The van der Waals surface area contributed by atoms with Crippen molar-refractivity contribution in [3.63, 3.8) is 0 Å². The lowest BCUT2D eigenvalue weighted by molar-refractivity contribution is 0.0541. The summed E-state index contributed by atoms with van der Waals surface area (Å²) in [6.45, 7) is 6.18. The van der Waals surface area contributed by atoms with E-state index >= 15 is 0 Å². The van der Waals surface area contributed by atoms with Crippen LogP contribution in [-0.4, -0.2) is 66.8 Å². The third-order valence-electron chi connectivity index (χ3n) is 6.01. The molecule has 0 radical (unpaired) electrons. The molecule has 9 nitrogen and oxygen atoms in total. The molecule has 2 aromatic heterocycles. The molecule has 1 fully saturated rings. The quantitative estimate of drug-likeness (QED) is 0.450. The molecule has 3 heterocycles. The molecule has 0 aliphatic carbocycles. The standard InChI is InChI=1S/C24H24FN7O2/c1-16(23-27-21(29-34-23)18-6-4-3-5-7-18)30-12-14-31(15-13-30)24(33)22-26-17(2)32(28-22)20-10-8-19(25)9-11-20/h3-11,16H,12-15H2,1-2H3. The van der Waals surface area contributed by atoms with Gasteiger partial charge in [-0.15, -0.1) is 5.10 Å². The Labute approximate surface area is 195 Å². The topological polar surface area (TPSA) is 93.2 Å². The van der Waals surface area contributed by atoms with Crippen LogP contribution in [0.2, 0.25) is 0 Å². The minimum absolute atomic E-state index is 0.0692. The van der Waals surface area contributed by atoms with Gasteiger partial charge in [0.05, 0.1) is 11.7 Å². The van der Waals surface area contributed by atoms with Gasteiger partial charge in [0.1, 0.15) is 11.6 Å². The second-order valence-corrected chi connectivity index (χ2v) is 8.20. The first kappa shape index (κ1) is 21.9. The summed E-state index contributed by atoms with van der Waals surface area (Å²) in [5.41, 5.74) is 1.56. The molecule has 34 heavy (non-hydrogen) atoms. The molecular weight excluding hydrogens is 437 g/mol. The molecule has 10 heteroatoms. The largest absolute Gasteiger partial charge is 0.337 e. The summed E-state index contributed by atoms with van der Waals surface area (Å²) in [6.07, 6.45) is 0. The molecule has 0 spiro atoms. The van der Waals surface area contributed by atoms with Crippen LogP contribution in [0.5, 0.6) is 0 Å². The Balaban J connectivity index is 1.22. The number of hydrogen-bond acceptors (Lipinski definition) is 7. The van der Waals surface area contributed by atoms with E-state index in [9.17, 15) is 9.18 Å². The van der Waals surface area contributed by atoms with Gasteiger partial charge < -0.3 is 9.42 Å². The minimum atomic E-state index is -0.332. The van der Waals surface area contributed by atoms with E-state index in [0.29, 0.717) is 49.4 Å². The average Bonchev–Trinajstić information content (AvgIpc) is 3.52. The zero-order chi connectivity index (χ0) is 23.7. The van der Waals surface area contributed by atoms with Gasteiger partial charge in [-0.25, -0.2) is 14.1 Å². The highest BCUT2D eigenvalue weighted by atomic mass is 19.1. The van der Waals surface area contributed by atoms with E-state index in [1.165, 1.54) is 12.1 Å². The maximum atomic E-state index is 13.2. The fraction of sp³-hybridized carbons (Fsp3) is 0.292. The van der Waals surface area contributed by atoms with Crippen LogP contribution in [-0.2, 0) is 0 Å². The molecule has 5 rings (SSSR count). The van der Waals surface area contributed by atoms with E-state index in [-0.39, 0.29) is 23.6 Å². The van der Waals surface area contributed by atoms with E-state index in [2.05, 4.69) is 25.1 Å². The maximum absolute atomic E-state index is 13.2. The lowest BCUT2D eigenvalue weighted by Crippen LogP contribution is -2.49. The molecule has 1 atom stereocenters. The highest BCUT2D eigenvalue weighted by Gasteiger charge is 2.30. The van der Waals surface area contributed by atoms with Crippen LogP contribution in [0.4, 0.5) is 4.39 Å². The third-order valence-corrected chi connectivity index (χ3v) is 6.01. The number of carbonyl (C=O) groups is 1. The monoisotopic (exact) mass is 461 g/mol. The fourth-order valence-corrected chi connectivity index (χ4v) is 4.03. The molecule has 1 unspecified atom stereocenters. The molecule has 1 aliphatic heterocycles. The van der Waals surface area contributed by atoms with Gasteiger partial charge >= 0.3 is 0 Å². The smallest absolute Gasteiger partial charge is 0.293 e. The summed E-state index contributed by atoms with van der Waals surface area (Å²) in [5.74, 6) is 1.26. The Morgan fingerprint density at radius 3 is 2.41 bits per heavy atom. The van der Waals surface area contributed by atoms with E-state index in [0.717, 1.165) is 5.56 Å². The van der Waals surface area contributed by atoms with Crippen molar-refractivity contribution in [2.45, 2.75) is 19.9 Å². The van der Waals surface area contributed by atoms with Crippen LogP contribution >= 0.6 is 0 Å². The molecule has 0 saturated carbocycles. The van der Waals surface area contributed by atoms with Crippen molar-refractivity contribution in [2.75, 3.05) is 26.2 Å². The molecule has 0 bridgehead atoms. The third kappa shape index (κ3) is 4.32. The number of amides is 1. The average molecular weight is 462 g/mol. The number of carbonyl (C=O) groups excluding carboxylic acids is 1. The number of halogens is 1. The van der Waals surface area contributed by atoms with Crippen molar-refractivity contribution >= 4 is 5.91 Å². The predicted octanol–water partition coefficient (Wildman–Crippen LogP) is 3.28. The molecule has 4 aromatic rings. The first-order valence-corrected chi connectivity index (χ1v) is 11.1. The number of benzene rings is 2. The van der Waals surface area contributed by atoms with E-state index in [1.807, 2.05) is 37.3 Å². The Kier molecular flexibility index (Phi) is 5.89. The number of aryl methyl sites for hydroxylation is 1. The SMILES string of the molecule is Cc1nc(C(=O)N2CCN(C(C)c3nc(-c4ccccc4)no3)CC2)nn1-c1ccc(F)cc1. The summed E-state index contributed by atoms with van der Waals surface area (Å²) in [7, 11) is 0. The van der Waals surface area contributed by atoms with Gasteiger partial charge in [0.15, 0.2) is 0 Å². The predicted molar refractivity (Wildman–Crippen MR) is 122 cm³/mol. The van der Waals surface area contributed by atoms with Crippen LogP contribution in [0, 0.1) is 12.7 Å². The summed E-state index contributed by atoms with van der Waals surface area (Å²) in [6, 6.07) is 15.5. The van der Waals surface area contributed by atoms with Gasteiger partial charge in [0.2, 0.25) is 17.5 Å². The van der Waals surface area contributed by atoms with E-state index in [1.54, 1.807) is 28.6 Å². The summed E-state index contributed by atoms with van der Waals surface area (Å²) >= 11 is 0.